The zero-order chi connectivity index (χ0) is 56.7. The molecule has 0 bridgehead atoms. The third kappa shape index (κ3) is 10.3. The second kappa shape index (κ2) is 21.3. The van der Waals surface area contributed by atoms with Crippen LogP contribution < -0.4 is 14.5 Å². The van der Waals surface area contributed by atoms with Gasteiger partial charge >= 0.3 is 0 Å². The number of pyridine rings is 1. The van der Waals surface area contributed by atoms with E-state index in [2.05, 4.69) is 282 Å². The molecule has 9 aromatic carbocycles. The van der Waals surface area contributed by atoms with Crippen molar-refractivity contribution in [1.29, 1.82) is 0 Å². The second-order valence-electron chi connectivity index (χ2n) is 24.5. The normalized spacial score (nSPS) is 12.7. The van der Waals surface area contributed by atoms with Gasteiger partial charge in [0.15, 0.2) is 0 Å². The van der Waals surface area contributed by atoms with Crippen LogP contribution in [0.4, 0.5) is 28.4 Å². The summed E-state index contributed by atoms with van der Waals surface area (Å²) in [4.78, 5) is 13.5. The Morgan fingerprint density at radius 3 is 1.76 bits per heavy atom. The van der Waals surface area contributed by atoms with Crippen LogP contribution in [-0.4, -0.2) is 9.55 Å². The average molecular weight is 1280 g/mol. The summed E-state index contributed by atoms with van der Waals surface area (Å²) in [7, 11) is 0. The first kappa shape index (κ1) is 55.0. The van der Waals surface area contributed by atoms with Crippen molar-refractivity contribution in [1.82, 2.24) is 9.55 Å². The van der Waals surface area contributed by atoms with E-state index in [1.807, 2.05) is 18.3 Å². The molecule has 0 aliphatic carbocycles. The molecule has 0 amide bonds. The molecule has 0 radical (unpaired) electrons. The van der Waals surface area contributed by atoms with E-state index >= 15 is 0 Å². The molecule has 0 N–H and O–H groups in total. The number of para-hydroxylation sites is 2. The third-order valence-electron chi connectivity index (χ3n) is 15.8. The van der Waals surface area contributed by atoms with Crippen LogP contribution in [0.25, 0.3) is 86.4 Å². The smallest absolute Gasteiger partial charge is 0.135 e. The SMILES string of the molecule is [C-]#[N+]c1cc(Oc2[c-]c3c(cc2)c2sc4ccccc4c2n3-c2cc(C(C)(C)C)ccn2)[c-]c(N2[CH-]N(c3c(-c4cccc(-c5ccccc5)c4)cc(C(C)(C)C)cc3-c3cccc(-c4cccc(C(C)(C)C)c4)c3)c3ccccc32)c1.[Pt]. The topological polar surface area (TPSA) is 37.9 Å². The van der Waals surface area contributed by atoms with Crippen LogP contribution in [0.15, 0.2) is 206 Å². The number of rotatable bonds is 9. The molecule has 1 aliphatic heterocycles. The first-order valence-corrected chi connectivity index (χ1v) is 28.8. The monoisotopic (exact) mass is 1280 g/mol. The zero-order valence-corrected chi connectivity index (χ0v) is 51.2. The van der Waals surface area contributed by atoms with E-state index in [0.29, 0.717) is 22.9 Å². The number of benzene rings is 9. The number of ether oxygens (including phenoxy) is 1. The van der Waals surface area contributed by atoms with Gasteiger partial charge in [0.05, 0.1) is 17.8 Å². The Labute approximate surface area is 506 Å². The molecule has 0 saturated heterocycles. The first-order valence-electron chi connectivity index (χ1n) is 28.0. The molecule has 3 aromatic heterocycles. The Balaban J connectivity index is 0.00000680. The largest absolute Gasteiger partial charge is 0.510 e. The summed E-state index contributed by atoms with van der Waals surface area (Å²) in [6, 6.07) is 78.7. The third-order valence-corrected chi connectivity index (χ3v) is 17.0. The van der Waals surface area contributed by atoms with E-state index in [0.717, 1.165) is 83.6 Å². The standard InChI is InChI=1S/C75H62N5OS.Pt/c1-73(2,3)54-28-20-25-51(39-54)50-24-19-27-53(38-50)64-41-56(75(7,8)9)40-63(52-26-18-23-49(37-52)48-21-12-11-13-22-48)70(64)79-47-78(65-30-15-16-31-66(65)79)58-43-57(76-10)44-60(45-58)81-59-33-34-61-67(46-59)80(69-42-55(35-36-77-69)74(4,5)6)71-62-29-14-17-32-68(62)82-72(61)71;/h11-44,47H,1-9H3;/q-3;. The fraction of sp³-hybridized carbons (Fsp3) is 0.160. The van der Waals surface area contributed by atoms with Crippen molar-refractivity contribution < 1.29 is 25.8 Å². The fourth-order valence-electron chi connectivity index (χ4n) is 11.3. The van der Waals surface area contributed by atoms with Crippen molar-refractivity contribution in [2.24, 2.45) is 0 Å². The summed E-state index contributed by atoms with van der Waals surface area (Å²) < 4.78 is 11.5. The van der Waals surface area contributed by atoms with Crippen molar-refractivity contribution in [3.05, 3.63) is 253 Å². The van der Waals surface area contributed by atoms with Gasteiger partial charge in [-0.15, -0.1) is 54.0 Å². The zero-order valence-electron chi connectivity index (χ0n) is 48.1. The maximum Gasteiger partial charge on any atom is 0.135 e. The summed E-state index contributed by atoms with van der Waals surface area (Å²) in [5.74, 6) is 1.73. The minimum absolute atomic E-state index is 0. The summed E-state index contributed by atoms with van der Waals surface area (Å²) in [6.45, 7) is 31.0. The predicted octanol–water partition coefficient (Wildman–Crippen LogP) is 21.3. The molecular formula is C75H62N5OPtS-3. The Bertz CT molecular complexity index is 4510. The van der Waals surface area contributed by atoms with Gasteiger partial charge in [-0.05, 0) is 121 Å². The molecule has 13 rings (SSSR count). The molecule has 0 unspecified atom stereocenters. The van der Waals surface area contributed by atoms with Gasteiger partial charge in [-0.1, -0.05) is 195 Å². The molecule has 83 heavy (non-hydrogen) atoms. The Morgan fingerprint density at radius 1 is 0.506 bits per heavy atom. The Kier molecular flexibility index (Phi) is 14.1. The van der Waals surface area contributed by atoms with Crippen LogP contribution in [0.3, 0.4) is 0 Å². The number of hydrogen-bond donors (Lipinski definition) is 0. The van der Waals surface area contributed by atoms with Crippen LogP contribution in [-0.2, 0) is 37.3 Å². The van der Waals surface area contributed by atoms with Gasteiger partial charge in [0, 0.05) is 81.7 Å². The fourth-order valence-corrected chi connectivity index (χ4v) is 12.5. The summed E-state index contributed by atoms with van der Waals surface area (Å²) in [5, 5.41) is 2.23. The minimum atomic E-state index is -0.189. The van der Waals surface area contributed by atoms with Gasteiger partial charge in [-0.3, -0.25) is 4.85 Å². The number of fused-ring (bicyclic) bond motifs is 6. The molecule has 0 fully saturated rings. The summed E-state index contributed by atoms with van der Waals surface area (Å²) in [5.41, 5.74) is 18.5. The van der Waals surface area contributed by atoms with Crippen molar-refractivity contribution in [2.45, 2.75) is 78.6 Å². The van der Waals surface area contributed by atoms with E-state index in [4.69, 9.17) is 16.3 Å². The Morgan fingerprint density at radius 2 is 1.08 bits per heavy atom. The van der Waals surface area contributed by atoms with Gasteiger partial charge in [0.2, 0.25) is 0 Å². The van der Waals surface area contributed by atoms with Crippen LogP contribution >= 0.6 is 11.3 Å². The summed E-state index contributed by atoms with van der Waals surface area (Å²) >= 11 is 1.78. The Hall–Kier alpha value is -8.53. The van der Waals surface area contributed by atoms with Crippen molar-refractivity contribution in [3.8, 4) is 61.8 Å². The van der Waals surface area contributed by atoms with Gasteiger partial charge < -0.3 is 19.1 Å². The summed E-state index contributed by atoms with van der Waals surface area (Å²) in [6.07, 6.45) is 1.90. The van der Waals surface area contributed by atoms with Crippen molar-refractivity contribution in [3.63, 3.8) is 0 Å². The number of anilines is 4. The van der Waals surface area contributed by atoms with Crippen LogP contribution in [0, 0.1) is 25.4 Å². The van der Waals surface area contributed by atoms with E-state index in [-0.39, 0.29) is 37.3 Å². The van der Waals surface area contributed by atoms with Crippen molar-refractivity contribution in [2.75, 3.05) is 9.80 Å². The molecule has 0 spiro atoms. The molecule has 412 valence electrons. The van der Waals surface area contributed by atoms with Crippen molar-refractivity contribution >= 4 is 71.0 Å². The molecule has 4 heterocycles. The van der Waals surface area contributed by atoms with Gasteiger partial charge in [-0.2, -0.15) is 6.07 Å². The van der Waals surface area contributed by atoms with E-state index in [1.54, 1.807) is 17.4 Å². The minimum Gasteiger partial charge on any atom is -0.510 e. The quantitative estimate of drug-likeness (QED) is 0.135. The van der Waals surface area contributed by atoms with Gasteiger partial charge in [-0.25, -0.2) is 4.98 Å². The molecule has 6 nitrogen and oxygen atoms in total. The number of aromatic nitrogens is 2. The first-order chi connectivity index (χ1) is 39.5. The molecule has 0 saturated carbocycles. The molecule has 0 atom stereocenters. The molecular weight excluding hydrogens is 1210 g/mol. The van der Waals surface area contributed by atoms with Crippen LogP contribution in [0.5, 0.6) is 11.5 Å². The molecule has 1 aliphatic rings. The second-order valence-corrected chi connectivity index (χ2v) is 25.6. The van der Waals surface area contributed by atoms with Gasteiger partial charge in [0.25, 0.3) is 0 Å². The van der Waals surface area contributed by atoms with Crippen LogP contribution in [0.1, 0.15) is 79.0 Å². The number of hydrogen-bond acceptors (Lipinski definition) is 5. The van der Waals surface area contributed by atoms with E-state index < -0.39 is 0 Å². The number of nitrogens with zero attached hydrogens (tertiary/aromatic N) is 5. The van der Waals surface area contributed by atoms with Gasteiger partial charge in [0.1, 0.15) is 5.82 Å². The van der Waals surface area contributed by atoms with E-state index in [9.17, 15) is 0 Å². The average Bonchev–Trinajstić information content (AvgIpc) is 4.32. The maximum atomic E-state index is 8.43. The van der Waals surface area contributed by atoms with E-state index in [1.165, 1.54) is 31.7 Å². The molecule has 12 aromatic rings. The molecule has 8 heteroatoms. The van der Waals surface area contributed by atoms with Crippen LogP contribution in [0.2, 0.25) is 0 Å². The number of thiophene rings is 1. The predicted molar refractivity (Wildman–Crippen MR) is 344 cm³/mol. The maximum absolute atomic E-state index is 8.43.